The maximum Gasteiger partial charge on any atom is 0.179 e. The van der Waals surface area contributed by atoms with Crippen LogP contribution in [0.25, 0.3) is 0 Å². The fourth-order valence-electron chi connectivity index (χ4n) is 1.86. The van der Waals surface area contributed by atoms with Crippen LogP contribution in [0.1, 0.15) is 56.0 Å². The van der Waals surface area contributed by atoms with Gasteiger partial charge in [-0.2, -0.15) is 0 Å². The van der Waals surface area contributed by atoms with Crippen LogP contribution in [0.5, 0.6) is 0 Å². The number of hydrogen-bond donors (Lipinski definition) is 1. The van der Waals surface area contributed by atoms with Gasteiger partial charge in [0.15, 0.2) is 5.78 Å². The third kappa shape index (κ3) is 3.67. The molecule has 0 saturated carbocycles. The highest BCUT2D eigenvalue weighted by Gasteiger charge is 2.13. The molecule has 2 nitrogen and oxygen atoms in total. The zero-order chi connectivity index (χ0) is 12.8. The van der Waals surface area contributed by atoms with E-state index in [1.165, 1.54) is 5.56 Å². The number of carbonyl (C=O) groups excluding carboxylic acids is 1. The topological polar surface area (TPSA) is 29.1 Å². The lowest BCUT2D eigenvalue weighted by molar-refractivity contribution is 0.0952. The fraction of sp³-hybridized carbons (Fsp3) is 0.533. The first-order valence-electron chi connectivity index (χ1n) is 6.47. The van der Waals surface area contributed by atoms with E-state index in [1.807, 2.05) is 26.0 Å². The smallest absolute Gasteiger partial charge is 0.179 e. The van der Waals surface area contributed by atoms with Gasteiger partial charge < -0.3 is 5.32 Å². The first kappa shape index (κ1) is 13.9. The normalized spacial score (nSPS) is 14.4. The predicted molar refractivity (Wildman–Crippen MR) is 72.6 cm³/mol. The summed E-state index contributed by atoms with van der Waals surface area (Å²) < 4.78 is 0. The Morgan fingerprint density at radius 1 is 1.18 bits per heavy atom. The molecule has 0 heterocycles. The minimum Gasteiger partial charge on any atom is -0.308 e. The van der Waals surface area contributed by atoms with E-state index in [-0.39, 0.29) is 11.8 Å². The molecule has 94 valence electrons. The van der Waals surface area contributed by atoms with Crippen LogP contribution in [0.15, 0.2) is 24.3 Å². The molecule has 1 rings (SSSR count). The molecule has 0 saturated heterocycles. The molecule has 0 fully saturated rings. The lowest BCUT2D eigenvalue weighted by Gasteiger charge is -2.13. The Kier molecular flexibility index (Phi) is 5.36. The molecule has 0 aromatic heterocycles. The maximum atomic E-state index is 12.0. The molecular formula is C15H23NO. The summed E-state index contributed by atoms with van der Waals surface area (Å²) >= 11 is 0. The van der Waals surface area contributed by atoms with Crippen LogP contribution in [-0.2, 0) is 0 Å². The molecule has 1 aromatic rings. The van der Waals surface area contributed by atoms with E-state index in [0.717, 1.165) is 18.5 Å². The highest BCUT2D eigenvalue weighted by molar-refractivity contribution is 5.99. The summed E-state index contributed by atoms with van der Waals surface area (Å²) in [5.74, 6) is 0.730. The summed E-state index contributed by atoms with van der Waals surface area (Å²) in [6, 6.07) is 7.92. The number of rotatable bonds is 6. The van der Waals surface area contributed by atoms with Gasteiger partial charge in [0.25, 0.3) is 0 Å². The second-order valence-corrected chi connectivity index (χ2v) is 4.57. The van der Waals surface area contributed by atoms with Crippen molar-refractivity contribution >= 4 is 5.78 Å². The van der Waals surface area contributed by atoms with Crippen molar-refractivity contribution in [2.45, 2.75) is 46.1 Å². The molecule has 0 aliphatic carbocycles. The number of nitrogens with one attached hydrogen (secondary N) is 1. The van der Waals surface area contributed by atoms with E-state index in [2.05, 4.69) is 31.3 Å². The number of ketones is 1. The minimum absolute atomic E-state index is 0.102. The lowest BCUT2D eigenvalue weighted by Crippen LogP contribution is -2.33. The molecule has 2 atom stereocenters. The quantitative estimate of drug-likeness (QED) is 0.763. The molecule has 0 bridgehead atoms. The molecule has 1 aromatic carbocycles. The molecule has 1 N–H and O–H groups in total. The highest BCUT2D eigenvalue weighted by atomic mass is 16.1. The monoisotopic (exact) mass is 233 g/mol. The Labute approximate surface area is 104 Å². The SMILES string of the molecule is CCNC(C)C(=O)c1ccc(C(C)CC)cc1. The standard InChI is InChI=1S/C15H23NO/c1-5-11(3)13-7-9-14(10-8-13)15(17)12(4)16-6-2/h7-12,16H,5-6H2,1-4H3. The van der Waals surface area contributed by atoms with Crippen molar-refractivity contribution in [2.75, 3.05) is 6.54 Å². The Morgan fingerprint density at radius 2 is 1.76 bits per heavy atom. The van der Waals surface area contributed by atoms with Crippen LogP contribution in [0.4, 0.5) is 0 Å². The number of benzene rings is 1. The van der Waals surface area contributed by atoms with Gasteiger partial charge in [0.1, 0.15) is 0 Å². The van der Waals surface area contributed by atoms with Crippen LogP contribution in [0, 0.1) is 0 Å². The van der Waals surface area contributed by atoms with Gasteiger partial charge in [-0.3, -0.25) is 4.79 Å². The van der Waals surface area contributed by atoms with Gasteiger partial charge in [-0.15, -0.1) is 0 Å². The van der Waals surface area contributed by atoms with E-state index in [1.54, 1.807) is 0 Å². The van der Waals surface area contributed by atoms with Crippen molar-refractivity contribution < 1.29 is 4.79 Å². The number of carbonyl (C=O) groups is 1. The number of Topliss-reactive ketones (excluding diaryl/α,β-unsaturated/α-hetero) is 1. The van der Waals surface area contributed by atoms with Gasteiger partial charge in [0, 0.05) is 5.56 Å². The summed E-state index contributed by atoms with van der Waals surface area (Å²) in [6.07, 6.45) is 1.13. The van der Waals surface area contributed by atoms with Gasteiger partial charge in [0.2, 0.25) is 0 Å². The zero-order valence-corrected chi connectivity index (χ0v) is 11.3. The van der Waals surface area contributed by atoms with Crippen molar-refractivity contribution in [1.29, 1.82) is 0 Å². The fourth-order valence-corrected chi connectivity index (χ4v) is 1.86. The summed E-state index contributed by atoms with van der Waals surface area (Å²) in [4.78, 5) is 12.0. The van der Waals surface area contributed by atoms with Crippen molar-refractivity contribution in [3.63, 3.8) is 0 Å². The van der Waals surface area contributed by atoms with Crippen molar-refractivity contribution in [2.24, 2.45) is 0 Å². The second-order valence-electron chi connectivity index (χ2n) is 4.57. The molecular weight excluding hydrogens is 210 g/mol. The third-order valence-corrected chi connectivity index (χ3v) is 3.28. The summed E-state index contributed by atoms with van der Waals surface area (Å²) in [7, 11) is 0. The zero-order valence-electron chi connectivity index (χ0n) is 11.3. The van der Waals surface area contributed by atoms with E-state index in [9.17, 15) is 4.79 Å². The largest absolute Gasteiger partial charge is 0.308 e. The van der Waals surface area contributed by atoms with E-state index >= 15 is 0 Å². The molecule has 2 unspecified atom stereocenters. The molecule has 0 aliphatic heterocycles. The Bertz CT molecular complexity index is 356. The van der Waals surface area contributed by atoms with Crippen LogP contribution in [0.2, 0.25) is 0 Å². The second kappa shape index (κ2) is 6.55. The highest BCUT2D eigenvalue weighted by Crippen LogP contribution is 2.19. The molecule has 2 heteroatoms. The van der Waals surface area contributed by atoms with Crippen LogP contribution < -0.4 is 5.32 Å². The minimum atomic E-state index is -0.102. The molecule has 0 amide bonds. The van der Waals surface area contributed by atoms with Gasteiger partial charge in [-0.1, -0.05) is 45.0 Å². The first-order chi connectivity index (χ1) is 8.10. The first-order valence-corrected chi connectivity index (χ1v) is 6.47. The molecule has 0 radical (unpaired) electrons. The Balaban J connectivity index is 2.77. The van der Waals surface area contributed by atoms with Crippen molar-refractivity contribution in [3.05, 3.63) is 35.4 Å². The average Bonchev–Trinajstić information content (AvgIpc) is 2.37. The summed E-state index contributed by atoms with van der Waals surface area (Å²) in [5.41, 5.74) is 2.10. The summed E-state index contributed by atoms with van der Waals surface area (Å²) in [5, 5.41) is 3.14. The van der Waals surface area contributed by atoms with Crippen molar-refractivity contribution in [3.8, 4) is 0 Å². The van der Waals surface area contributed by atoms with Gasteiger partial charge in [0.05, 0.1) is 6.04 Å². The van der Waals surface area contributed by atoms with Gasteiger partial charge in [-0.05, 0) is 31.4 Å². The van der Waals surface area contributed by atoms with E-state index in [4.69, 9.17) is 0 Å². The van der Waals surface area contributed by atoms with E-state index in [0.29, 0.717) is 5.92 Å². The third-order valence-electron chi connectivity index (χ3n) is 3.28. The molecule has 17 heavy (non-hydrogen) atoms. The Morgan fingerprint density at radius 3 is 2.24 bits per heavy atom. The van der Waals surface area contributed by atoms with Crippen LogP contribution in [-0.4, -0.2) is 18.4 Å². The van der Waals surface area contributed by atoms with Crippen LogP contribution in [0.3, 0.4) is 0 Å². The number of hydrogen-bond acceptors (Lipinski definition) is 2. The number of likely N-dealkylation sites (N-methyl/N-ethyl adjacent to an activating group) is 1. The van der Waals surface area contributed by atoms with E-state index < -0.39 is 0 Å². The van der Waals surface area contributed by atoms with Gasteiger partial charge in [-0.25, -0.2) is 0 Å². The van der Waals surface area contributed by atoms with Crippen molar-refractivity contribution in [1.82, 2.24) is 5.32 Å². The Hall–Kier alpha value is -1.15. The molecule has 0 spiro atoms. The lowest BCUT2D eigenvalue weighted by atomic mass is 9.96. The average molecular weight is 233 g/mol. The predicted octanol–water partition coefficient (Wildman–Crippen LogP) is 3.38. The maximum absolute atomic E-state index is 12.0. The molecule has 0 aliphatic rings. The van der Waals surface area contributed by atoms with Crippen LogP contribution >= 0.6 is 0 Å². The van der Waals surface area contributed by atoms with Gasteiger partial charge >= 0.3 is 0 Å². The summed E-state index contributed by atoms with van der Waals surface area (Å²) in [6.45, 7) is 9.12.